The number of tetrazole rings is 1. The number of aromatic nitrogens is 6. The van der Waals surface area contributed by atoms with E-state index in [1.807, 2.05) is 41.2 Å². The highest BCUT2D eigenvalue weighted by molar-refractivity contribution is 5.80. The van der Waals surface area contributed by atoms with Gasteiger partial charge in [0.05, 0.1) is 19.2 Å². The quantitative estimate of drug-likeness (QED) is 0.369. The number of H-pyrrole nitrogens is 1. The fourth-order valence-electron chi connectivity index (χ4n) is 5.31. The van der Waals surface area contributed by atoms with Gasteiger partial charge in [0.2, 0.25) is 0 Å². The highest BCUT2D eigenvalue weighted by atomic mass is 16.5. The largest absolute Gasteiger partial charge is 0.497 e. The van der Waals surface area contributed by atoms with Crippen molar-refractivity contribution < 1.29 is 4.74 Å². The van der Waals surface area contributed by atoms with Gasteiger partial charge in [-0.3, -0.25) is 14.7 Å². The van der Waals surface area contributed by atoms with Crippen molar-refractivity contribution in [3.8, 4) is 5.75 Å². The van der Waals surface area contributed by atoms with Crippen LogP contribution in [0, 0.1) is 0 Å². The fourth-order valence-corrected chi connectivity index (χ4v) is 5.31. The molecule has 0 amide bonds. The molecule has 0 unspecified atom stereocenters. The average Bonchev–Trinajstić information content (AvgIpc) is 3.40. The number of benzene rings is 1. The standard InChI is InChI=1S/C27H33N7O2/c1-3-25(26-30-31-32-34(26)22-9-5-4-6-10-22)33(17-19-8-7-13-28-16-19)18-21-14-20-15-23(36-2)11-12-24(20)29-27(21)35/h7-8,11-16,22,25H,3-6,9-10,17-18H2,1-2H3,(H,29,35)/t25-/m1/s1. The van der Waals surface area contributed by atoms with Gasteiger partial charge in [-0.15, -0.1) is 5.10 Å². The van der Waals surface area contributed by atoms with Gasteiger partial charge in [0.15, 0.2) is 5.82 Å². The van der Waals surface area contributed by atoms with Crippen LogP contribution in [0.1, 0.15) is 74.5 Å². The number of rotatable bonds is 9. The Labute approximate surface area is 210 Å². The topological polar surface area (TPSA) is 102 Å². The van der Waals surface area contributed by atoms with E-state index in [0.29, 0.717) is 24.7 Å². The van der Waals surface area contributed by atoms with Crippen molar-refractivity contribution in [1.82, 2.24) is 35.1 Å². The molecule has 0 radical (unpaired) electrons. The first-order valence-corrected chi connectivity index (χ1v) is 12.8. The second-order valence-electron chi connectivity index (χ2n) is 9.54. The van der Waals surface area contributed by atoms with Gasteiger partial charge in [0, 0.05) is 41.9 Å². The van der Waals surface area contributed by atoms with Crippen molar-refractivity contribution in [2.75, 3.05) is 7.11 Å². The molecule has 1 aliphatic rings. The number of ether oxygens (including phenoxy) is 1. The molecule has 1 atom stereocenters. The summed E-state index contributed by atoms with van der Waals surface area (Å²) in [6.45, 7) is 3.23. The van der Waals surface area contributed by atoms with Crippen molar-refractivity contribution in [3.63, 3.8) is 0 Å². The SMILES string of the molecule is CC[C@H](c1nnnn1C1CCCCC1)N(Cc1cccnc1)Cc1cc2cc(OC)ccc2[nH]c1=O. The lowest BCUT2D eigenvalue weighted by molar-refractivity contribution is 0.155. The van der Waals surface area contributed by atoms with Crippen molar-refractivity contribution in [2.45, 2.75) is 70.6 Å². The van der Waals surface area contributed by atoms with E-state index < -0.39 is 0 Å². The van der Waals surface area contributed by atoms with Crippen LogP contribution in [0.4, 0.5) is 0 Å². The summed E-state index contributed by atoms with van der Waals surface area (Å²) in [5, 5.41) is 13.9. The molecule has 3 aromatic heterocycles. The third-order valence-corrected chi connectivity index (χ3v) is 7.17. The van der Waals surface area contributed by atoms with Gasteiger partial charge in [-0.25, -0.2) is 4.68 Å². The van der Waals surface area contributed by atoms with E-state index in [2.05, 4.69) is 43.4 Å². The van der Waals surface area contributed by atoms with Gasteiger partial charge < -0.3 is 9.72 Å². The second kappa shape index (κ2) is 11.0. The third kappa shape index (κ3) is 5.16. The maximum absolute atomic E-state index is 13.1. The molecule has 0 saturated heterocycles. The smallest absolute Gasteiger partial charge is 0.252 e. The van der Waals surface area contributed by atoms with Crippen LogP contribution >= 0.6 is 0 Å². The number of methoxy groups -OCH3 is 1. The molecular formula is C27H33N7O2. The van der Waals surface area contributed by atoms with E-state index in [1.54, 1.807) is 13.3 Å². The van der Waals surface area contributed by atoms with Gasteiger partial charge in [-0.2, -0.15) is 0 Å². The zero-order valence-electron chi connectivity index (χ0n) is 20.9. The van der Waals surface area contributed by atoms with E-state index in [4.69, 9.17) is 4.74 Å². The fraction of sp³-hybridized carbons (Fsp3) is 0.444. The molecule has 5 rings (SSSR count). The Morgan fingerprint density at radius 3 is 2.78 bits per heavy atom. The summed E-state index contributed by atoms with van der Waals surface area (Å²) in [4.78, 5) is 22.8. The molecule has 4 aromatic rings. The predicted octanol–water partition coefficient (Wildman–Crippen LogP) is 4.58. The highest BCUT2D eigenvalue weighted by Gasteiger charge is 2.29. The number of hydrogen-bond acceptors (Lipinski definition) is 7. The Morgan fingerprint density at radius 2 is 2.03 bits per heavy atom. The van der Waals surface area contributed by atoms with Gasteiger partial charge in [0.25, 0.3) is 5.56 Å². The van der Waals surface area contributed by atoms with Crippen LogP contribution in [0.2, 0.25) is 0 Å². The van der Waals surface area contributed by atoms with Gasteiger partial charge in [-0.1, -0.05) is 32.3 Å². The predicted molar refractivity (Wildman–Crippen MR) is 138 cm³/mol. The summed E-state index contributed by atoms with van der Waals surface area (Å²) in [6.07, 6.45) is 10.3. The van der Waals surface area contributed by atoms with Crippen LogP contribution < -0.4 is 10.3 Å². The molecule has 188 valence electrons. The molecule has 1 N–H and O–H groups in total. The Bertz CT molecular complexity index is 1350. The second-order valence-corrected chi connectivity index (χ2v) is 9.54. The monoisotopic (exact) mass is 487 g/mol. The number of nitrogens with zero attached hydrogens (tertiary/aromatic N) is 6. The van der Waals surface area contributed by atoms with Crippen molar-refractivity contribution in [2.24, 2.45) is 0 Å². The molecule has 0 spiro atoms. The number of nitrogens with one attached hydrogen (secondary N) is 1. The van der Waals surface area contributed by atoms with E-state index >= 15 is 0 Å². The minimum atomic E-state index is -0.0921. The van der Waals surface area contributed by atoms with Gasteiger partial charge in [-0.05, 0) is 65.6 Å². The zero-order valence-corrected chi connectivity index (χ0v) is 20.9. The molecular weight excluding hydrogens is 454 g/mol. The first kappa shape index (κ1) is 24.1. The lowest BCUT2D eigenvalue weighted by Gasteiger charge is -2.32. The summed E-state index contributed by atoms with van der Waals surface area (Å²) in [6, 6.07) is 11.9. The maximum atomic E-state index is 13.1. The first-order valence-electron chi connectivity index (χ1n) is 12.8. The highest BCUT2D eigenvalue weighted by Crippen LogP contribution is 2.32. The lowest BCUT2D eigenvalue weighted by Crippen LogP contribution is -2.33. The Morgan fingerprint density at radius 1 is 1.17 bits per heavy atom. The molecule has 1 fully saturated rings. The van der Waals surface area contributed by atoms with Gasteiger partial charge in [0.1, 0.15) is 5.75 Å². The van der Waals surface area contributed by atoms with Crippen molar-refractivity contribution in [3.05, 3.63) is 76.1 Å². The number of aromatic amines is 1. The number of fused-ring (bicyclic) bond motifs is 1. The maximum Gasteiger partial charge on any atom is 0.252 e. The molecule has 9 nitrogen and oxygen atoms in total. The summed E-state index contributed by atoms with van der Waals surface area (Å²) in [7, 11) is 1.64. The third-order valence-electron chi connectivity index (χ3n) is 7.17. The van der Waals surface area contributed by atoms with Crippen LogP contribution in [-0.4, -0.2) is 42.2 Å². The Hall–Kier alpha value is -3.59. The molecule has 1 saturated carbocycles. The van der Waals surface area contributed by atoms with Crippen molar-refractivity contribution in [1.29, 1.82) is 0 Å². The van der Waals surface area contributed by atoms with E-state index in [1.165, 1.54) is 19.3 Å². The average molecular weight is 488 g/mol. The summed E-state index contributed by atoms with van der Waals surface area (Å²) in [5.74, 6) is 1.62. The summed E-state index contributed by atoms with van der Waals surface area (Å²) in [5.41, 5.74) is 2.46. The molecule has 1 aliphatic carbocycles. The molecule has 36 heavy (non-hydrogen) atoms. The molecule has 0 aliphatic heterocycles. The normalized spacial score (nSPS) is 15.4. The molecule has 3 heterocycles. The van der Waals surface area contributed by atoms with Crippen LogP contribution in [0.15, 0.2) is 53.6 Å². The van der Waals surface area contributed by atoms with E-state index in [0.717, 1.165) is 47.3 Å². The Kier molecular flexibility index (Phi) is 7.36. The molecule has 9 heteroatoms. The summed E-state index contributed by atoms with van der Waals surface area (Å²) >= 11 is 0. The van der Waals surface area contributed by atoms with Gasteiger partial charge >= 0.3 is 0 Å². The van der Waals surface area contributed by atoms with E-state index in [-0.39, 0.29) is 11.6 Å². The molecule has 1 aromatic carbocycles. The van der Waals surface area contributed by atoms with Crippen molar-refractivity contribution >= 4 is 10.9 Å². The van der Waals surface area contributed by atoms with Crippen LogP contribution in [0.3, 0.4) is 0 Å². The van der Waals surface area contributed by atoms with Crippen LogP contribution in [-0.2, 0) is 13.1 Å². The van der Waals surface area contributed by atoms with Crippen LogP contribution in [0.5, 0.6) is 5.75 Å². The lowest BCUT2D eigenvalue weighted by atomic mass is 9.95. The minimum Gasteiger partial charge on any atom is -0.497 e. The summed E-state index contributed by atoms with van der Waals surface area (Å²) < 4.78 is 7.43. The number of hydrogen-bond donors (Lipinski definition) is 1. The zero-order chi connectivity index (χ0) is 24.9. The molecule has 0 bridgehead atoms. The Balaban J connectivity index is 1.52. The van der Waals surface area contributed by atoms with E-state index in [9.17, 15) is 4.79 Å². The minimum absolute atomic E-state index is 0.0532. The first-order chi connectivity index (χ1) is 17.7. The van der Waals surface area contributed by atoms with Crippen LogP contribution in [0.25, 0.3) is 10.9 Å². The number of pyridine rings is 2.